The second-order valence-corrected chi connectivity index (χ2v) is 6.40. The lowest BCUT2D eigenvalue weighted by Gasteiger charge is -2.05. The Morgan fingerprint density at radius 2 is 2.17 bits per heavy atom. The molecule has 2 rings (SSSR count). The van der Waals surface area contributed by atoms with E-state index in [0.29, 0.717) is 12.1 Å². The number of aryl methyl sites for hydroxylation is 1. The van der Waals surface area contributed by atoms with Crippen LogP contribution in [0.5, 0.6) is 5.75 Å². The Kier molecular flexibility index (Phi) is 4.23. The number of aromatic hydroxyl groups is 1. The van der Waals surface area contributed by atoms with Gasteiger partial charge in [0, 0.05) is 15.3 Å². The van der Waals surface area contributed by atoms with Gasteiger partial charge in [-0.3, -0.25) is 4.79 Å². The third kappa shape index (κ3) is 3.23. The summed E-state index contributed by atoms with van der Waals surface area (Å²) in [5.41, 5.74) is 0.473. The predicted molar refractivity (Wildman–Crippen MR) is 81.1 cm³/mol. The first-order valence-electron chi connectivity index (χ1n) is 5.38. The minimum Gasteiger partial charge on any atom is -0.507 e. The molecule has 94 valence electrons. The highest BCUT2D eigenvalue weighted by molar-refractivity contribution is 14.1. The Labute approximate surface area is 123 Å². The largest absolute Gasteiger partial charge is 0.507 e. The van der Waals surface area contributed by atoms with Crippen LogP contribution in [0.2, 0.25) is 0 Å². The minimum atomic E-state index is -0.173. The average Bonchev–Trinajstić information content (AvgIpc) is 2.75. The van der Waals surface area contributed by atoms with Gasteiger partial charge in [-0.05, 0) is 59.8 Å². The molecular formula is C13H12INO2S. The Hall–Kier alpha value is -1.08. The number of benzene rings is 1. The number of phenols is 1. The predicted octanol–water partition coefficient (Wildman–Crippen LogP) is 3.30. The maximum Gasteiger partial charge on any atom is 0.251 e. The van der Waals surface area contributed by atoms with Crippen LogP contribution in [0.4, 0.5) is 0 Å². The van der Waals surface area contributed by atoms with E-state index in [0.717, 1.165) is 8.45 Å². The summed E-state index contributed by atoms with van der Waals surface area (Å²) in [6, 6.07) is 8.95. The third-order valence-electron chi connectivity index (χ3n) is 2.43. The van der Waals surface area contributed by atoms with E-state index >= 15 is 0 Å². The van der Waals surface area contributed by atoms with E-state index in [4.69, 9.17) is 0 Å². The Morgan fingerprint density at radius 1 is 1.39 bits per heavy atom. The van der Waals surface area contributed by atoms with Gasteiger partial charge >= 0.3 is 0 Å². The van der Waals surface area contributed by atoms with Crippen LogP contribution in [-0.2, 0) is 6.54 Å². The molecule has 5 heteroatoms. The molecule has 0 bridgehead atoms. The van der Waals surface area contributed by atoms with Crippen molar-refractivity contribution in [3.05, 3.63) is 49.2 Å². The second-order valence-electron chi connectivity index (χ2n) is 3.86. The molecule has 0 aliphatic carbocycles. The number of nitrogens with one attached hydrogen (secondary N) is 1. The van der Waals surface area contributed by atoms with Crippen molar-refractivity contribution in [3.63, 3.8) is 0 Å². The summed E-state index contributed by atoms with van der Waals surface area (Å²) in [4.78, 5) is 14.2. The number of carbonyl (C=O) groups is 1. The number of amides is 1. The van der Waals surface area contributed by atoms with Crippen LogP contribution in [0, 0.1) is 10.5 Å². The van der Waals surface area contributed by atoms with E-state index in [1.165, 1.54) is 10.9 Å². The standard InChI is InChI=1S/C13H12INO2S/c1-8-2-4-10(18-8)7-15-13(17)9-3-5-11(14)12(16)6-9/h2-6,16H,7H2,1H3,(H,15,17). The summed E-state index contributed by atoms with van der Waals surface area (Å²) < 4.78 is 0.734. The van der Waals surface area contributed by atoms with Crippen LogP contribution in [0.25, 0.3) is 0 Å². The highest BCUT2D eigenvalue weighted by Gasteiger charge is 2.08. The van der Waals surface area contributed by atoms with Gasteiger partial charge in [0.1, 0.15) is 5.75 Å². The lowest BCUT2D eigenvalue weighted by atomic mass is 10.2. The molecule has 1 aromatic carbocycles. The summed E-state index contributed by atoms with van der Waals surface area (Å²) in [6.45, 7) is 2.55. The first-order chi connectivity index (χ1) is 8.56. The molecule has 2 aromatic rings. The van der Waals surface area contributed by atoms with Gasteiger partial charge in [0.15, 0.2) is 0 Å². The molecule has 1 heterocycles. The highest BCUT2D eigenvalue weighted by Crippen LogP contribution is 2.20. The smallest absolute Gasteiger partial charge is 0.251 e. The molecule has 0 radical (unpaired) electrons. The zero-order valence-electron chi connectivity index (χ0n) is 9.74. The zero-order chi connectivity index (χ0) is 13.1. The van der Waals surface area contributed by atoms with E-state index in [2.05, 4.69) is 5.32 Å². The monoisotopic (exact) mass is 373 g/mol. The maximum absolute atomic E-state index is 11.9. The van der Waals surface area contributed by atoms with Crippen molar-refractivity contribution in [3.8, 4) is 5.75 Å². The highest BCUT2D eigenvalue weighted by atomic mass is 127. The summed E-state index contributed by atoms with van der Waals surface area (Å²) in [5.74, 6) is -0.0389. The molecule has 0 atom stereocenters. The average molecular weight is 373 g/mol. The topological polar surface area (TPSA) is 49.3 Å². The molecule has 18 heavy (non-hydrogen) atoms. The molecule has 0 aliphatic rings. The van der Waals surface area contributed by atoms with Crippen LogP contribution in [0.1, 0.15) is 20.1 Å². The number of thiophene rings is 1. The normalized spacial score (nSPS) is 10.3. The summed E-state index contributed by atoms with van der Waals surface area (Å²) in [7, 11) is 0. The molecule has 0 spiro atoms. The van der Waals surface area contributed by atoms with Crippen molar-refractivity contribution < 1.29 is 9.90 Å². The fraction of sp³-hybridized carbons (Fsp3) is 0.154. The quantitative estimate of drug-likeness (QED) is 0.812. The van der Waals surface area contributed by atoms with Gasteiger partial charge in [-0.25, -0.2) is 0 Å². The van der Waals surface area contributed by atoms with Gasteiger partial charge in [0.25, 0.3) is 5.91 Å². The van der Waals surface area contributed by atoms with Crippen LogP contribution in [-0.4, -0.2) is 11.0 Å². The second kappa shape index (κ2) is 5.71. The van der Waals surface area contributed by atoms with E-state index < -0.39 is 0 Å². The molecule has 0 unspecified atom stereocenters. The lowest BCUT2D eigenvalue weighted by Crippen LogP contribution is -2.22. The molecule has 2 N–H and O–H groups in total. The number of hydrogen-bond acceptors (Lipinski definition) is 3. The van der Waals surface area contributed by atoms with Gasteiger partial charge in [0.2, 0.25) is 0 Å². The van der Waals surface area contributed by atoms with Gasteiger partial charge < -0.3 is 10.4 Å². The number of hydrogen-bond donors (Lipinski definition) is 2. The van der Waals surface area contributed by atoms with Crippen molar-refractivity contribution in [1.29, 1.82) is 0 Å². The molecule has 0 aliphatic heterocycles. The molecular weight excluding hydrogens is 361 g/mol. The van der Waals surface area contributed by atoms with Crippen molar-refractivity contribution in [2.45, 2.75) is 13.5 Å². The van der Waals surface area contributed by atoms with E-state index in [-0.39, 0.29) is 11.7 Å². The van der Waals surface area contributed by atoms with Crippen molar-refractivity contribution in [2.75, 3.05) is 0 Å². The van der Waals surface area contributed by atoms with Crippen molar-refractivity contribution >= 4 is 39.8 Å². The third-order valence-corrected chi connectivity index (χ3v) is 4.34. The summed E-state index contributed by atoms with van der Waals surface area (Å²) >= 11 is 3.68. The maximum atomic E-state index is 11.9. The number of phenolic OH excluding ortho intramolecular Hbond substituents is 1. The van der Waals surface area contributed by atoms with E-state index in [1.807, 2.05) is 41.6 Å². The Balaban J connectivity index is 2.01. The first kappa shape index (κ1) is 13.4. The van der Waals surface area contributed by atoms with E-state index in [9.17, 15) is 9.90 Å². The van der Waals surface area contributed by atoms with Crippen LogP contribution in [0.15, 0.2) is 30.3 Å². The van der Waals surface area contributed by atoms with Crippen molar-refractivity contribution in [2.24, 2.45) is 0 Å². The summed E-state index contributed by atoms with van der Waals surface area (Å²) in [6.07, 6.45) is 0. The zero-order valence-corrected chi connectivity index (χ0v) is 12.7. The Bertz CT molecular complexity index is 580. The van der Waals surface area contributed by atoms with Crippen LogP contribution < -0.4 is 5.32 Å². The van der Waals surface area contributed by atoms with Gasteiger partial charge in [0.05, 0.1) is 10.1 Å². The first-order valence-corrected chi connectivity index (χ1v) is 7.28. The fourth-order valence-electron chi connectivity index (χ4n) is 1.50. The summed E-state index contributed by atoms with van der Waals surface area (Å²) in [5, 5.41) is 12.4. The number of halogens is 1. The number of rotatable bonds is 3. The van der Waals surface area contributed by atoms with Crippen LogP contribution in [0.3, 0.4) is 0 Å². The Morgan fingerprint density at radius 3 is 2.78 bits per heavy atom. The van der Waals surface area contributed by atoms with Crippen molar-refractivity contribution in [1.82, 2.24) is 5.32 Å². The van der Waals surface area contributed by atoms with Gasteiger partial charge in [-0.15, -0.1) is 11.3 Å². The van der Waals surface area contributed by atoms with Crippen LogP contribution >= 0.6 is 33.9 Å². The molecule has 1 amide bonds. The molecule has 0 saturated heterocycles. The molecule has 1 aromatic heterocycles. The van der Waals surface area contributed by atoms with E-state index in [1.54, 1.807) is 23.5 Å². The lowest BCUT2D eigenvalue weighted by molar-refractivity contribution is 0.0951. The SMILES string of the molecule is Cc1ccc(CNC(=O)c2ccc(I)c(O)c2)s1. The molecule has 0 fully saturated rings. The molecule has 0 saturated carbocycles. The van der Waals surface area contributed by atoms with Gasteiger partial charge in [-0.2, -0.15) is 0 Å². The van der Waals surface area contributed by atoms with Gasteiger partial charge in [-0.1, -0.05) is 0 Å². The number of carbonyl (C=O) groups excluding carboxylic acids is 1. The fourth-order valence-corrected chi connectivity index (χ4v) is 2.67. The minimum absolute atomic E-state index is 0.134. The molecule has 3 nitrogen and oxygen atoms in total.